The highest BCUT2D eigenvalue weighted by molar-refractivity contribution is 6.41. The number of halogens is 2. The molecule has 2 aromatic heterocycles. The van der Waals surface area contributed by atoms with Gasteiger partial charge in [-0.1, -0.05) is 23.2 Å². The summed E-state index contributed by atoms with van der Waals surface area (Å²) in [5.41, 5.74) is 1.92. The summed E-state index contributed by atoms with van der Waals surface area (Å²) in [5.74, 6) is 2.90. The summed E-state index contributed by atoms with van der Waals surface area (Å²) in [5, 5.41) is 4.58. The molecule has 0 spiro atoms. The van der Waals surface area contributed by atoms with Crippen LogP contribution in [0.15, 0.2) is 18.3 Å². The van der Waals surface area contributed by atoms with E-state index in [1.807, 2.05) is 13.1 Å². The summed E-state index contributed by atoms with van der Waals surface area (Å²) >= 11 is 13.3. The highest BCUT2D eigenvalue weighted by Gasteiger charge is 2.26. The predicted molar refractivity (Wildman–Crippen MR) is 146 cm³/mol. The van der Waals surface area contributed by atoms with Crippen molar-refractivity contribution in [1.82, 2.24) is 15.0 Å². The number of anilines is 2. The van der Waals surface area contributed by atoms with Crippen LogP contribution in [0.1, 0.15) is 32.1 Å². The molecule has 2 fully saturated rings. The number of nitrogens with zero attached hydrogens (tertiary/aromatic N) is 4. The summed E-state index contributed by atoms with van der Waals surface area (Å²) in [6.45, 7) is 2.91. The van der Waals surface area contributed by atoms with Crippen LogP contribution >= 0.6 is 23.2 Å². The third-order valence-electron chi connectivity index (χ3n) is 6.27. The minimum Gasteiger partial charge on any atom is -0.495 e. The van der Waals surface area contributed by atoms with Gasteiger partial charge in [-0.05, 0) is 44.1 Å². The zero-order valence-corrected chi connectivity index (χ0v) is 22.7. The zero-order chi connectivity index (χ0) is 25.7. The van der Waals surface area contributed by atoms with Crippen molar-refractivity contribution < 1.29 is 14.2 Å². The van der Waals surface area contributed by atoms with Gasteiger partial charge in [0.15, 0.2) is 5.82 Å². The molecule has 1 saturated heterocycles. The van der Waals surface area contributed by atoms with Crippen LogP contribution in [0, 0.1) is 5.92 Å². The molecule has 194 valence electrons. The van der Waals surface area contributed by atoms with Crippen LogP contribution in [0.5, 0.6) is 11.5 Å². The van der Waals surface area contributed by atoms with Crippen molar-refractivity contribution in [2.75, 3.05) is 58.3 Å². The van der Waals surface area contributed by atoms with Gasteiger partial charge in [-0.25, -0.2) is 15.0 Å². The van der Waals surface area contributed by atoms with Gasteiger partial charge in [-0.2, -0.15) is 0 Å². The lowest BCUT2D eigenvalue weighted by Gasteiger charge is -2.21. The monoisotopic (exact) mass is 533 g/mol. The van der Waals surface area contributed by atoms with Gasteiger partial charge in [0.1, 0.15) is 17.0 Å². The van der Waals surface area contributed by atoms with Gasteiger partial charge in [0.05, 0.1) is 30.0 Å². The second-order valence-corrected chi connectivity index (χ2v) is 9.75. The van der Waals surface area contributed by atoms with Crippen LogP contribution in [0.4, 0.5) is 11.8 Å². The fourth-order valence-electron chi connectivity index (χ4n) is 4.11. The first-order chi connectivity index (χ1) is 17.5. The summed E-state index contributed by atoms with van der Waals surface area (Å²) in [6, 6.07) is 3.55. The Kier molecular flexibility index (Phi) is 8.93. The second-order valence-electron chi connectivity index (χ2n) is 8.99. The molecule has 36 heavy (non-hydrogen) atoms. The smallest absolute Gasteiger partial charge is 0.223 e. The van der Waals surface area contributed by atoms with Gasteiger partial charge in [0.25, 0.3) is 0 Å². The molecule has 5 rings (SSSR count). The molecule has 8 nitrogen and oxygen atoms in total. The van der Waals surface area contributed by atoms with Crippen molar-refractivity contribution in [3.63, 3.8) is 0 Å². The van der Waals surface area contributed by atoms with Crippen molar-refractivity contribution in [1.29, 1.82) is 0 Å². The van der Waals surface area contributed by atoms with E-state index in [2.05, 4.69) is 20.2 Å². The number of rotatable bonds is 7. The predicted octanol–water partition coefficient (Wildman–Crippen LogP) is 6.09. The molecule has 1 aromatic carbocycles. The average Bonchev–Trinajstić information content (AvgIpc) is 3.73. The van der Waals surface area contributed by atoms with E-state index in [4.69, 9.17) is 42.4 Å². The molecule has 10 heteroatoms. The minimum atomic E-state index is 0.374. The first-order valence-electron chi connectivity index (χ1n) is 12.2. The molecule has 2 aliphatic rings. The standard InChI is InChI=1S/C21H23Cl2N5O2.C5H10O/c1-24-21-25-9-12-7-13(16-17(22)14(29-3)8-15(30-4)18(16)23)26-20(19(12)27-21)28(2)10-11-5-6-11;1-2-4-6-5-3-1/h7-9,11H,5-6,10H2,1-4H3,(H,24,25,27);1-5H2. The molecular formula is C26H33Cl2N5O3. The molecule has 0 unspecified atom stereocenters. The Balaban J connectivity index is 0.000000445. The summed E-state index contributed by atoms with van der Waals surface area (Å²) < 4.78 is 15.9. The number of aromatic nitrogens is 3. The van der Waals surface area contributed by atoms with Crippen molar-refractivity contribution in [2.45, 2.75) is 32.1 Å². The van der Waals surface area contributed by atoms with Crippen molar-refractivity contribution in [3.8, 4) is 22.8 Å². The van der Waals surface area contributed by atoms with Crippen LogP contribution < -0.4 is 19.7 Å². The molecule has 0 amide bonds. The van der Waals surface area contributed by atoms with Crippen LogP contribution in [-0.2, 0) is 4.74 Å². The molecule has 0 radical (unpaired) electrons. The topological polar surface area (TPSA) is 81.6 Å². The number of ether oxygens (including phenoxy) is 3. The van der Waals surface area contributed by atoms with Gasteiger partial charge >= 0.3 is 0 Å². The Morgan fingerprint density at radius 2 is 1.69 bits per heavy atom. The molecule has 0 bridgehead atoms. The normalized spacial score (nSPS) is 15.2. The zero-order valence-electron chi connectivity index (χ0n) is 21.2. The largest absolute Gasteiger partial charge is 0.495 e. The second kappa shape index (κ2) is 12.1. The maximum atomic E-state index is 6.64. The summed E-state index contributed by atoms with van der Waals surface area (Å²) in [7, 11) is 6.92. The Labute approximate surface area is 222 Å². The first-order valence-corrected chi connectivity index (χ1v) is 13.0. The van der Waals surface area contributed by atoms with Crippen LogP contribution in [0.25, 0.3) is 22.2 Å². The lowest BCUT2D eigenvalue weighted by Crippen LogP contribution is -2.22. The number of methoxy groups -OCH3 is 2. The highest BCUT2D eigenvalue weighted by Crippen LogP contribution is 2.46. The van der Waals surface area contributed by atoms with Gasteiger partial charge in [-0.3, -0.25) is 0 Å². The lowest BCUT2D eigenvalue weighted by atomic mass is 10.1. The van der Waals surface area contributed by atoms with E-state index < -0.39 is 0 Å². The molecule has 0 atom stereocenters. The number of pyridine rings is 1. The molecular weight excluding hydrogens is 501 g/mol. The van der Waals surface area contributed by atoms with Crippen LogP contribution in [-0.4, -0.2) is 63.0 Å². The molecule has 1 aliphatic heterocycles. The SMILES string of the molecule is C1CCOCC1.CNc1ncc2cc(-c3c(Cl)c(OC)cc(OC)c3Cl)nc(N(C)CC3CC3)c2n1. The quantitative estimate of drug-likeness (QED) is 0.390. The van der Waals surface area contributed by atoms with Crippen molar-refractivity contribution in [3.05, 3.63) is 28.4 Å². The van der Waals surface area contributed by atoms with Gasteiger partial charge in [0.2, 0.25) is 5.95 Å². The van der Waals surface area contributed by atoms with E-state index in [9.17, 15) is 0 Å². The highest BCUT2D eigenvalue weighted by atomic mass is 35.5. The van der Waals surface area contributed by atoms with Crippen LogP contribution in [0.2, 0.25) is 10.0 Å². The Morgan fingerprint density at radius 3 is 2.19 bits per heavy atom. The maximum absolute atomic E-state index is 6.64. The van der Waals surface area contributed by atoms with E-state index in [1.54, 1.807) is 33.5 Å². The average molecular weight is 534 g/mol. The number of fused-ring (bicyclic) bond motifs is 1. The van der Waals surface area contributed by atoms with Crippen molar-refractivity contribution >= 4 is 45.9 Å². The van der Waals surface area contributed by atoms with E-state index in [1.165, 1.54) is 32.1 Å². The summed E-state index contributed by atoms with van der Waals surface area (Å²) in [4.78, 5) is 16.1. The van der Waals surface area contributed by atoms with Gasteiger partial charge < -0.3 is 24.4 Å². The molecule has 1 saturated carbocycles. The van der Waals surface area contributed by atoms with Crippen LogP contribution in [0.3, 0.4) is 0 Å². The third-order valence-corrected chi connectivity index (χ3v) is 7.02. The minimum absolute atomic E-state index is 0.374. The fourth-order valence-corrected chi connectivity index (χ4v) is 4.80. The van der Waals surface area contributed by atoms with Gasteiger partial charge in [0, 0.05) is 57.1 Å². The van der Waals surface area contributed by atoms with E-state index >= 15 is 0 Å². The van der Waals surface area contributed by atoms with E-state index in [0.717, 1.165) is 36.5 Å². The Hall–Kier alpha value is -2.55. The van der Waals surface area contributed by atoms with E-state index in [0.29, 0.717) is 44.7 Å². The number of hydrogen-bond acceptors (Lipinski definition) is 8. The van der Waals surface area contributed by atoms with Gasteiger partial charge in [-0.15, -0.1) is 0 Å². The number of nitrogens with one attached hydrogen (secondary N) is 1. The molecule has 1 aliphatic carbocycles. The molecule has 3 aromatic rings. The number of hydrogen-bond donors (Lipinski definition) is 1. The Bertz CT molecular complexity index is 1160. The summed E-state index contributed by atoms with van der Waals surface area (Å²) in [6.07, 6.45) is 8.18. The molecule has 3 heterocycles. The lowest BCUT2D eigenvalue weighted by molar-refractivity contribution is 0.0968. The van der Waals surface area contributed by atoms with Crippen molar-refractivity contribution in [2.24, 2.45) is 5.92 Å². The fraction of sp³-hybridized carbons (Fsp3) is 0.500. The Morgan fingerprint density at radius 1 is 1.03 bits per heavy atom. The third kappa shape index (κ3) is 6.05. The first kappa shape index (κ1) is 26.5. The molecule has 1 N–H and O–H groups in total. The number of benzene rings is 1. The maximum Gasteiger partial charge on any atom is 0.223 e. The van der Waals surface area contributed by atoms with E-state index in [-0.39, 0.29) is 0 Å².